The number of methoxy groups -OCH3 is 1. The van der Waals surface area contributed by atoms with E-state index in [2.05, 4.69) is 9.73 Å². The van der Waals surface area contributed by atoms with E-state index in [1.54, 1.807) is 12.1 Å². The molecule has 0 heterocycles. The summed E-state index contributed by atoms with van der Waals surface area (Å²) < 4.78 is 4.52. The zero-order valence-corrected chi connectivity index (χ0v) is 5.77. The third-order valence-corrected chi connectivity index (χ3v) is 0.874. The van der Waals surface area contributed by atoms with Gasteiger partial charge in [0.15, 0.2) is 0 Å². The molecule has 5 nitrogen and oxygen atoms in total. The van der Waals surface area contributed by atoms with E-state index in [9.17, 15) is 0 Å². The summed E-state index contributed by atoms with van der Waals surface area (Å²) in [5.74, 6) is -1.27. The fourth-order valence-corrected chi connectivity index (χ4v) is 0.417. The summed E-state index contributed by atoms with van der Waals surface area (Å²) in [6.07, 6.45) is 1.43. The maximum atomic E-state index is 8.31. The van der Waals surface area contributed by atoms with Crippen LogP contribution in [-0.2, 0) is 4.74 Å². The second kappa shape index (κ2) is 4.78. The number of hydrogen-bond acceptors (Lipinski definition) is 5. The van der Waals surface area contributed by atoms with Crippen LogP contribution in [0.4, 0.5) is 0 Å². The van der Waals surface area contributed by atoms with Crippen molar-refractivity contribution in [3.05, 3.63) is 0 Å². The van der Waals surface area contributed by atoms with Crippen LogP contribution in [0.5, 0.6) is 0 Å². The molecule has 5 heteroatoms. The first-order valence-corrected chi connectivity index (χ1v) is 2.60. The van der Waals surface area contributed by atoms with Gasteiger partial charge in [-0.05, 0) is 0 Å². The first-order chi connectivity index (χ1) is 5.29. The van der Waals surface area contributed by atoms with E-state index >= 15 is 0 Å². The van der Waals surface area contributed by atoms with Crippen LogP contribution in [0.25, 0.3) is 0 Å². The molecule has 0 saturated heterocycles. The molecule has 0 aromatic carbocycles. The normalized spacial score (nSPS) is 9.55. The highest BCUT2D eigenvalue weighted by Crippen LogP contribution is 1.96. The molecule has 0 radical (unpaired) electrons. The van der Waals surface area contributed by atoms with Gasteiger partial charge in [0, 0.05) is 0 Å². The van der Waals surface area contributed by atoms with Crippen LogP contribution >= 0.6 is 0 Å². The van der Waals surface area contributed by atoms with E-state index in [4.69, 9.17) is 15.8 Å². The van der Waals surface area contributed by atoms with Crippen molar-refractivity contribution in [3.63, 3.8) is 0 Å². The number of hydrogen-bond donors (Lipinski definition) is 0. The molecule has 0 aliphatic heterocycles. The Balaban J connectivity index is 4.57. The Bertz CT molecular complexity index is 260. The smallest absolute Gasteiger partial charge is 0.231 e. The lowest BCUT2D eigenvalue weighted by Crippen LogP contribution is -2.12. The molecule has 54 valence electrons. The van der Waals surface area contributed by atoms with Crippen molar-refractivity contribution >= 4 is 5.90 Å². The molecular weight excluding hydrogens is 144 g/mol. The largest absolute Gasteiger partial charge is 0.482 e. The minimum atomic E-state index is -1.10. The molecule has 0 rings (SSSR count). The Morgan fingerprint density at radius 2 is 1.91 bits per heavy atom. The average Bonchev–Trinajstić information content (AvgIpc) is 2.05. The Hall–Kier alpha value is -2.06. The van der Waals surface area contributed by atoms with Gasteiger partial charge in [0.05, 0.1) is 19.2 Å². The van der Waals surface area contributed by atoms with Gasteiger partial charge in [-0.25, -0.2) is 0 Å². The van der Waals surface area contributed by atoms with Gasteiger partial charge in [-0.2, -0.15) is 15.8 Å². The van der Waals surface area contributed by atoms with Gasteiger partial charge in [0.1, 0.15) is 0 Å². The molecule has 0 aliphatic rings. The van der Waals surface area contributed by atoms with Crippen LogP contribution in [0.3, 0.4) is 0 Å². The van der Waals surface area contributed by atoms with Crippen molar-refractivity contribution in [1.82, 2.24) is 0 Å². The highest BCUT2D eigenvalue weighted by molar-refractivity contribution is 5.84. The van der Waals surface area contributed by atoms with Crippen LogP contribution in [0.2, 0.25) is 0 Å². The lowest BCUT2D eigenvalue weighted by atomic mass is 10.2. The number of ether oxygens (including phenoxy) is 1. The predicted molar refractivity (Wildman–Crippen MR) is 34.8 cm³/mol. The zero-order chi connectivity index (χ0) is 8.69. The van der Waals surface area contributed by atoms with Gasteiger partial charge < -0.3 is 4.74 Å². The number of nitriles is 3. The standard InChI is InChI=1S/C6H4N4O/c1-11-6(10-4-9)5(2-7)3-8/h5H,1H3. The van der Waals surface area contributed by atoms with Gasteiger partial charge in [0.2, 0.25) is 18.0 Å². The van der Waals surface area contributed by atoms with Crippen molar-refractivity contribution < 1.29 is 4.74 Å². The summed E-state index contributed by atoms with van der Waals surface area (Å²) in [4.78, 5) is 3.14. The predicted octanol–water partition coefficient (Wildman–Crippen LogP) is 0.176. The Kier molecular flexibility index (Phi) is 3.89. The second-order valence-electron chi connectivity index (χ2n) is 1.45. The molecular formula is C6H4N4O. The highest BCUT2D eigenvalue weighted by atomic mass is 16.5. The molecule has 0 aromatic rings. The molecule has 11 heavy (non-hydrogen) atoms. The summed E-state index contributed by atoms with van der Waals surface area (Å²) in [6, 6.07) is 3.24. The first-order valence-electron chi connectivity index (χ1n) is 2.60. The van der Waals surface area contributed by atoms with Crippen LogP contribution in [-0.4, -0.2) is 13.0 Å². The Morgan fingerprint density at radius 3 is 2.18 bits per heavy atom. The van der Waals surface area contributed by atoms with Crippen LogP contribution in [0.1, 0.15) is 0 Å². The van der Waals surface area contributed by atoms with Gasteiger partial charge in [-0.1, -0.05) is 0 Å². The van der Waals surface area contributed by atoms with Gasteiger partial charge in [0.25, 0.3) is 0 Å². The Morgan fingerprint density at radius 1 is 1.36 bits per heavy atom. The number of nitrogens with zero attached hydrogens (tertiary/aromatic N) is 4. The maximum absolute atomic E-state index is 8.31. The lowest BCUT2D eigenvalue weighted by Gasteiger charge is -1.99. The molecule has 0 aliphatic carbocycles. The SMILES string of the molecule is COC(=NC#N)C(C#N)C#N. The molecule has 0 atom stereocenters. The minimum Gasteiger partial charge on any atom is -0.482 e. The van der Waals surface area contributed by atoms with Gasteiger partial charge in [-0.3, -0.25) is 0 Å². The molecule has 0 aromatic heterocycles. The minimum absolute atomic E-state index is 0.169. The van der Waals surface area contributed by atoms with E-state index in [1.165, 1.54) is 13.3 Å². The van der Waals surface area contributed by atoms with Crippen LogP contribution in [0.15, 0.2) is 4.99 Å². The molecule has 0 unspecified atom stereocenters. The third kappa shape index (κ3) is 2.34. The maximum Gasteiger partial charge on any atom is 0.231 e. The van der Waals surface area contributed by atoms with E-state index in [0.29, 0.717) is 0 Å². The summed E-state index contributed by atoms with van der Waals surface area (Å²) in [5, 5.41) is 24.7. The quantitative estimate of drug-likeness (QED) is 0.301. The summed E-state index contributed by atoms with van der Waals surface area (Å²) in [6.45, 7) is 0. The van der Waals surface area contributed by atoms with Crippen molar-refractivity contribution in [2.45, 2.75) is 0 Å². The average molecular weight is 148 g/mol. The van der Waals surface area contributed by atoms with E-state index in [1.807, 2.05) is 0 Å². The summed E-state index contributed by atoms with van der Waals surface area (Å²) in [7, 11) is 1.25. The second-order valence-corrected chi connectivity index (χ2v) is 1.45. The first kappa shape index (κ1) is 8.94. The fraction of sp³-hybridized carbons (Fsp3) is 0.333. The van der Waals surface area contributed by atoms with Crippen molar-refractivity contribution in [3.8, 4) is 18.3 Å². The van der Waals surface area contributed by atoms with Gasteiger partial charge >= 0.3 is 0 Å². The summed E-state index contributed by atoms with van der Waals surface area (Å²) >= 11 is 0. The number of rotatable bonds is 1. The molecule has 0 N–H and O–H groups in total. The third-order valence-electron chi connectivity index (χ3n) is 0.874. The molecule has 0 bridgehead atoms. The van der Waals surface area contributed by atoms with E-state index < -0.39 is 5.92 Å². The molecule has 0 fully saturated rings. The van der Waals surface area contributed by atoms with Crippen molar-refractivity contribution in [1.29, 1.82) is 15.8 Å². The summed E-state index contributed by atoms with van der Waals surface area (Å²) in [5.41, 5.74) is 0. The number of aliphatic imine (C=N–C) groups is 1. The van der Waals surface area contributed by atoms with Gasteiger partial charge in [-0.15, -0.1) is 4.99 Å². The monoisotopic (exact) mass is 148 g/mol. The van der Waals surface area contributed by atoms with E-state index in [0.717, 1.165) is 0 Å². The Labute approximate surface area is 63.8 Å². The molecule has 0 amide bonds. The zero-order valence-electron chi connectivity index (χ0n) is 5.77. The lowest BCUT2D eigenvalue weighted by molar-refractivity contribution is 0.387. The molecule has 0 spiro atoms. The highest BCUT2D eigenvalue weighted by Gasteiger charge is 2.14. The molecule has 0 saturated carbocycles. The topological polar surface area (TPSA) is 93.0 Å². The van der Waals surface area contributed by atoms with E-state index in [-0.39, 0.29) is 5.90 Å². The van der Waals surface area contributed by atoms with Crippen molar-refractivity contribution in [2.75, 3.05) is 7.11 Å². The van der Waals surface area contributed by atoms with Crippen LogP contribution in [0, 0.1) is 40.0 Å². The fourth-order valence-electron chi connectivity index (χ4n) is 0.417. The van der Waals surface area contributed by atoms with Crippen LogP contribution < -0.4 is 0 Å². The van der Waals surface area contributed by atoms with Crippen molar-refractivity contribution in [2.24, 2.45) is 10.9 Å².